The van der Waals surface area contributed by atoms with Gasteiger partial charge in [-0.15, -0.1) is 0 Å². The van der Waals surface area contributed by atoms with Crippen LogP contribution in [0, 0.1) is 11.8 Å². The van der Waals surface area contributed by atoms with Crippen LogP contribution in [0.1, 0.15) is 81.1 Å². The number of nitrogens with two attached hydrogens (primary N) is 4. The molecule has 284 valence electrons. The lowest BCUT2D eigenvalue weighted by Crippen LogP contribution is -2.63. The zero-order chi connectivity index (χ0) is 37.8. The Bertz CT molecular complexity index is 1340. The molecule has 4 aliphatic heterocycles. The molecule has 19 nitrogen and oxygen atoms in total. The molecule has 4 rings (SSSR count). The number of aliphatic imine (C=N–C) groups is 6. The summed E-state index contributed by atoms with van der Waals surface area (Å²) in [6, 6.07) is 0. The van der Waals surface area contributed by atoms with Crippen molar-refractivity contribution in [3.05, 3.63) is 0 Å². The van der Waals surface area contributed by atoms with Crippen molar-refractivity contribution in [2.24, 2.45) is 64.9 Å². The lowest BCUT2D eigenvalue weighted by Gasteiger charge is -2.48. The van der Waals surface area contributed by atoms with E-state index in [1.54, 1.807) is 0 Å². The van der Waals surface area contributed by atoms with Crippen LogP contribution >= 0.6 is 0 Å². The molecular formula is C32H58N16O3. The molecule has 4 aliphatic rings. The number of piperidine rings is 2. The summed E-state index contributed by atoms with van der Waals surface area (Å²) in [6.45, 7) is 18.7. The van der Waals surface area contributed by atoms with Crippen molar-refractivity contribution in [3.8, 4) is 0 Å². The maximum Gasteiger partial charge on any atom is 0.259 e. The molecule has 0 aromatic rings. The maximum atomic E-state index is 11.4. The van der Waals surface area contributed by atoms with Gasteiger partial charge in [0, 0.05) is 47.1 Å². The highest BCUT2D eigenvalue weighted by Gasteiger charge is 2.44. The lowest BCUT2D eigenvalue weighted by molar-refractivity contribution is -0.112. The van der Waals surface area contributed by atoms with E-state index in [2.05, 4.69) is 107 Å². The number of hydrogen-bond acceptors (Lipinski definition) is 17. The normalized spacial score (nSPS) is 26.5. The van der Waals surface area contributed by atoms with Crippen molar-refractivity contribution in [1.29, 1.82) is 0 Å². The Morgan fingerprint density at radius 2 is 1.06 bits per heavy atom. The van der Waals surface area contributed by atoms with Gasteiger partial charge < -0.3 is 26.8 Å². The van der Waals surface area contributed by atoms with E-state index in [9.17, 15) is 9.59 Å². The first kappa shape index (κ1) is 40.1. The maximum absolute atomic E-state index is 11.4. The Balaban J connectivity index is 1.33. The highest BCUT2D eigenvalue weighted by Crippen LogP contribution is 2.36. The summed E-state index contributed by atoms with van der Waals surface area (Å²) < 4.78 is 5.89. The zero-order valence-corrected chi connectivity index (χ0v) is 31.2. The fraction of sp³-hybridized carbons (Fsp3) is 0.750. The second-order valence-corrected chi connectivity index (χ2v) is 16.2. The van der Waals surface area contributed by atoms with Crippen LogP contribution in [0.2, 0.25) is 0 Å². The summed E-state index contributed by atoms with van der Waals surface area (Å²) in [4.78, 5) is 49.2. The number of guanidine groups is 2. The first-order valence-electron chi connectivity index (χ1n) is 17.4. The highest BCUT2D eigenvalue weighted by molar-refractivity contribution is 6.28. The molecule has 2 atom stereocenters. The van der Waals surface area contributed by atoms with Gasteiger partial charge >= 0.3 is 0 Å². The molecule has 51 heavy (non-hydrogen) atoms. The average molecular weight is 715 g/mol. The van der Waals surface area contributed by atoms with Crippen LogP contribution in [0.4, 0.5) is 0 Å². The van der Waals surface area contributed by atoms with E-state index >= 15 is 0 Å². The van der Waals surface area contributed by atoms with Crippen LogP contribution in [-0.4, -0.2) is 119 Å². The molecule has 4 heterocycles. The van der Waals surface area contributed by atoms with E-state index in [1.807, 2.05) is 0 Å². The number of rotatable bonds is 12. The molecule has 0 bridgehead atoms. The van der Waals surface area contributed by atoms with E-state index in [-0.39, 0.29) is 45.9 Å². The van der Waals surface area contributed by atoms with Crippen LogP contribution < -0.4 is 44.4 Å². The van der Waals surface area contributed by atoms with Crippen molar-refractivity contribution in [3.63, 3.8) is 0 Å². The Morgan fingerprint density at radius 1 is 0.725 bits per heavy atom. The Kier molecular flexibility index (Phi) is 12.5. The molecule has 0 radical (unpaired) electrons. The highest BCUT2D eigenvalue weighted by atomic mass is 16.5. The molecule has 0 spiro atoms. The SMILES string of the molecule is CC1(C)CC(C2=NC(N=CC(N)=O)=NC(NCCOCCNC3N=C(N=CC(N)=O)N=C(C4CC(C)(C)NC(C)(C)C4)N3N)N2N)CC(C)(C)N1. The molecule has 0 saturated carbocycles. The molecular weight excluding hydrogens is 656 g/mol. The summed E-state index contributed by atoms with van der Waals surface area (Å²) in [5.41, 5.74) is 9.97. The number of nitrogens with one attached hydrogen (secondary N) is 4. The second kappa shape index (κ2) is 15.9. The van der Waals surface area contributed by atoms with Crippen molar-refractivity contribution in [2.45, 2.75) is 116 Å². The van der Waals surface area contributed by atoms with Gasteiger partial charge in [0.25, 0.3) is 11.8 Å². The third kappa shape index (κ3) is 11.6. The topological polar surface area (TPSA) is 276 Å². The molecule has 2 unspecified atom stereocenters. The number of amides is 2. The minimum absolute atomic E-state index is 0.0204. The van der Waals surface area contributed by atoms with Gasteiger partial charge in [-0.3, -0.25) is 30.2 Å². The standard InChI is InChI=1S/C32H58N16O3/c1-29(2)13-19(14-30(3,4)45-29)23-41-25(39-17-21(33)49)43-27(47(23)35)37-9-11-51-12-10-38-28-44-26(40-18-22(34)50)42-24(48(28)36)20-15-31(5,6)46-32(7,8)16-20/h17-20,27-28,37-38,45-46H,9-16,35-36H2,1-8H3,(H2,33,49)(H2,34,50). The number of hydrazine groups is 2. The van der Waals surface area contributed by atoms with Gasteiger partial charge in [0.05, 0.1) is 25.6 Å². The first-order valence-corrected chi connectivity index (χ1v) is 17.4. The van der Waals surface area contributed by atoms with E-state index in [0.717, 1.165) is 38.1 Å². The van der Waals surface area contributed by atoms with Crippen LogP contribution in [0.5, 0.6) is 0 Å². The van der Waals surface area contributed by atoms with E-state index in [1.165, 1.54) is 10.0 Å². The van der Waals surface area contributed by atoms with Gasteiger partial charge in [-0.2, -0.15) is 9.98 Å². The molecule has 12 N–H and O–H groups in total. The van der Waals surface area contributed by atoms with Crippen molar-refractivity contribution in [1.82, 2.24) is 31.3 Å². The number of amidine groups is 2. The monoisotopic (exact) mass is 714 g/mol. The van der Waals surface area contributed by atoms with Gasteiger partial charge in [0.15, 0.2) is 12.6 Å². The van der Waals surface area contributed by atoms with Gasteiger partial charge in [0.1, 0.15) is 11.7 Å². The fourth-order valence-corrected chi connectivity index (χ4v) is 7.86. The molecule has 2 amide bonds. The third-order valence-corrected chi connectivity index (χ3v) is 8.83. The van der Waals surface area contributed by atoms with Crippen LogP contribution in [0.25, 0.3) is 0 Å². The predicted octanol–water partition coefficient (Wildman–Crippen LogP) is -1.14. The number of carbonyl (C=O) groups is 2. The van der Waals surface area contributed by atoms with Crippen LogP contribution in [0.3, 0.4) is 0 Å². The predicted molar refractivity (Wildman–Crippen MR) is 200 cm³/mol. The number of nitrogens with zero attached hydrogens (tertiary/aromatic N) is 8. The third-order valence-electron chi connectivity index (χ3n) is 8.83. The summed E-state index contributed by atoms with van der Waals surface area (Å²) in [6.07, 6.45) is 3.78. The van der Waals surface area contributed by atoms with Crippen LogP contribution in [0.15, 0.2) is 30.0 Å². The Labute approximate surface area is 300 Å². The van der Waals surface area contributed by atoms with E-state index in [4.69, 9.17) is 27.9 Å². The molecule has 0 aliphatic carbocycles. The fourth-order valence-electron chi connectivity index (χ4n) is 7.86. The lowest BCUT2D eigenvalue weighted by atomic mass is 9.75. The smallest absolute Gasteiger partial charge is 0.259 e. The summed E-state index contributed by atoms with van der Waals surface area (Å²) in [5.74, 6) is 13.3. The summed E-state index contributed by atoms with van der Waals surface area (Å²) >= 11 is 0. The number of primary amides is 2. The van der Waals surface area contributed by atoms with Crippen molar-refractivity contribution in [2.75, 3.05) is 26.3 Å². The van der Waals surface area contributed by atoms with Gasteiger partial charge in [0.2, 0.25) is 11.9 Å². The van der Waals surface area contributed by atoms with Crippen molar-refractivity contribution < 1.29 is 14.3 Å². The minimum atomic E-state index is -0.700. The average Bonchev–Trinajstić information content (AvgIpc) is 2.97. The first-order chi connectivity index (χ1) is 23.6. The van der Waals surface area contributed by atoms with E-state index < -0.39 is 24.4 Å². The summed E-state index contributed by atoms with van der Waals surface area (Å²) in [5, 5.41) is 17.0. The van der Waals surface area contributed by atoms with E-state index in [0.29, 0.717) is 38.0 Å². The molecule has 19 heteroatoms. The minimum Gasteiger partial charge on any atom is -0.379 e. The molecule has 0 aromatic carbocycles. The molecule has 2 saturated heterocycles. The largest absolute Gasteiger partial charge is 0.379 e. The van der Waals surface area contributed by atoms with Gasteiger partial charge in [-0.25, -0.2) is 31.7 Å². The molecule has 0 aromatic heterocycles. The zero-order valence-electron chi connectivity index (χ0n) is 31.2. The Morgan fingerprint density at radius 3 is 1.37 bits per heavy atom. The van der Waals surface area contributed by atoms with Crippen LogP contribution in [-0.2, 0) is 14.3 Å². The van der Waals surface area contributed by atoms with Crippen molar-refractivity contribution >= 4 is 47.8 Å². The van der Waals surface area contributed by atoms with Gasteiger partial charge in [-0.05, 0) is 81.1 Å². The quantitative estimate of drug-likeness (QED) is 0.0680. The molecule has 2 fully saturated rings. The number of hydrogen-bond donors (Lipinski definition) is 8. The van der Waals surface area contributed by atoms with Gasteiger partial charge in [-0.1, -0.05) is 0 Å². The summed E-state index contributed by atoms with van der Waals surface area (Å²) in [7, 11) is 0. The second-order valence-electron chi connectivity index (χ2n) is 16.2. The number of carbonyl (C=O) groups excluding carboxylic acids is 2. The number of ether oxygens (including phenoxy) is 1. The Hall–Kier alpha value is -3.72.